The van der Waals surface area contributed by atoms with Gasteiger partial charge in [0.2, 0.25) is 0 Å². The van der Waals surface area contributed by atoms with Gasteiger partial charge in [0.05, 0.1) is 17.5 Å². The van der Waals surface area contributed by atoms with Crippen molar-refractivity contribution < 1.29 is 9.69 Å². The van der Waals surface area contributed by atoms with Crippen molar-refractivity contribution in [3.05, 3.63) is 7.05 Å². The Morgan fingerprint density at radius 1 is 1.70 bits per heavy atom. The van der Waals surface area contributed by atoms with E-state index < -0.39 is 0 Å². The van der Waals surface area contributed by atoms with Gasteiger partial charge in [-0.05, 0) is 0 Å². The highest BCUT2D eigenvalue weighted by Gasteiger charge is 2.43. The molecule has 2 aliphatic rings. The van der Waals surface area contributed by atoms with Crippen LogP contribution in [0.1, 0.15) is 6.42 Å². The van der Waals surface area contributed by atoms with Gasteiger partial charge in [-0.1, -0.05) is 0 Å². The lowest BCUT2D eigenvalue weighted by Gasteiger charge is -2.19. The van der Waals surface area contributed by atoms with E-state index in [2.05, 4.69) is 7.05 Å². The fraction of sp³-hybridized carbons (Fsp3) is 0.714. The van der Waals surface area contributed by atoms with Gasteiger partial charge in [0.1, 0.15) is 6.04 Å². The Kier molecular flexibility index (Phi) is 1.49. The van der Waals surface area contributed by atoms with Crippen LogP contribution in [0, 0.1) is 7.05 Å². The van der Waals surface area contributed by atoms with Crippen molar-refractivity contribution in [2.75, 3.05) is 12.3 Å². The zero-order valence-electron chi connectivity index (χ0n) is 5.80. The highest BCUT2D eigenvalue weighted by Crippen LogP contribution is 2.27. The number of ketones is 1. The van der Waals surface area contributed by atoms with Crippen LogP contribution in [-0.4, -0.2) is 29.4 Å². The van der Waals surface area contributed by atoms with Gasteiger partial charge in [-0.2, -0.15) is 7.05 Å². The molecule has 56 valence electrons. The smallest absolute Gasteiger partial charge is 0.198 e. The first-order chi connectivity index (χ1) is 4.79. The average molecular weight is 157 g/mol. The van der Waals surface area contributed by atoms with Crippen LogP contribution in [0.4, 0.5) is 0 Å². The molecule has 0 amide bonds. The summed E-state index contributed by atoms with van der Waals surface area (Å²) < 4.78 is 0. The van der Waals surface area contributed by atoms with Gasteiger partial charge in [-0.25, -0.2) is 0 Å². The second kappa shape index (κ2) is 2.24. The van der Waals surface area contributed by atoms with Crippen LogP contribution in [0.25, 0.3) is 0 Å². The number of quaternary nitrogens is 1. The minimum atomic E-state index is 0.241. The summed E-state index contributed by atoms with van der Waals surface area (Å²) in [5.41, 5.74) is 0. The van der Waals surface area contributed by atoms with E-state index in [1.807, 2.05) is 11.8 Å². The summed E-state index contributed by atoms with van der Waals surface area (Å²) >= 11 is 1.81. The largest absolute Gasteiger partial charge is 0.458 e. The van der Waals surface area contributed by atoms with E-state index in [-0.39, 0.29) is 6.04 Å². The zero-order valence-corrected chi connectivity index (χ0v) is 6.62. The van der Waals surface area contributed by atoms with Crippen LogP contribution in [0.5, 0.6) is 0 Å². The molecule has 2 nitrogen and oxygen atoms in total. The molecule has 3 unspecified atom stereocenters. The third kappa shape index (κ3) is 0.805. The number of carbonyl (C=O) groups excluding carboxylic acids is 1. The van der Waals surface area contributed by atoms with E-state index >= 15 is 0 Å². The normalized spacial score (nSPS) is 46.1. The predicted octanol–water partition coefficient (Wildman–Crippen LogP) is -0.880. The first-order valence-corrected chi connectivity index (χ1v) is 4.66. The summed E-state index contributed by atoms with van der Waals surface area (Å²) in [6.07, 6.45) is 1.18. The molecule has 0 aromatic carbocycles. The molecule has 0 saturated carbocycles. The van der Waals surface area contributed by atoms with Crippen LogP contribution in [-0.2, 0) is 4.79 Å². The molecule has 0 aromatic rings. The van der Waals surface area contributed by atoms with Gasteiger partial charge in [0.15, 0.2) is 5.78 Å². The maximum atomic E-state index is 11.2. The third-order valence-corrected chi connectivity index (χ3v) is 3.74. The Morgan fingerprint density at radius 3 is 3.20 bits per heavy atom. The fourth-order valence-electron chi connectivity index (χ4n) is 1.81. The zero-order chi connectivity index (χ0) is 7.14. The molecule has 2 fully saturated rings. The number of Topliss-reactive ketones (excluding diaryl/α,β-unsaturated/α-hetero) is 1. The van der Waals surface area contributed by atoms with E-state index in [1.165, 1.54) is 11.3 Å². The maximum Gasteiger partial charge on any atom is 0.198 e. The topological polar surface area (TPSA) is 21.5 Å². The Morgan fingerprint density at radius 2 is 2.50 bits per heavy atom. The molecule has 2 saturated heterocycles. The number of hydrogen-bond donors (Lipinski definition) is 1. The minimum Gasteiger partial charge on any atom is -0.458 e. The standard InChI is InChI=1S/C7H11NOS/c1-8-3-2-6-7(8)5(9)4-10-6/h6-8H,1-4H2. The monoisotopic (exact) mass is 157 g/mol. The van der Waals surface area contributed by atoms with Crippen molar-refractivity contribution in [3.63, 3.8) is 0 Å². The lowest BCUT2D eigenvalue weighted by Crippen LogP contribution is -3.10. The summed E-state index contributed by atoms with van der Waals surface area (Å²) in [6.45, 7) is 1.08. The minimum absolute atomic E-state index is 0.241. The molecule has 0 aliphatic carbocycles. The van der Waals surface area contributed by atoms with Crippen LogP contribution in [0.3, 0.4) is 0 Å². The SMILES string of the molecule is [CH2-][NH+]1CCC2SCC(=O)C21. The first-order valence-electron chi connectivity index (χ1n) is 3.61. The molecule has 10 heavy (non-hydrogen) atoms. The lowest BCUT2D eigenvalue weighted by molar-refractivity contribution is -0.855. The van der Waals surface area contributed by atoms with E-state index in [4.69, 9.17) is 0 Å². The van der Waals surface area contributed by atoms with Crippen molar-refractivity contribution >= 4 is 17.5 Å². The Balaban J connectivity index is 2.19. The summed E-state index contributed by atoms with van der Waals surface area (Å²) in [5.74, 6) is 1.14. The Hall–Kier alpha value is -0.0200. The van der Waals surface area contributed by atoms with E-state index in [0.717, 1.165) is 12.3 Å². The van der Waals surface area contributed by atoms with Crippen LogP contribution in [0.2, 0.25) is 0 Å². The van der Waals surface area contributed by atoms with Gasteiger partial charge in [-0.3, -0.25) is 4.79 Å². The molecule has 3 heteroatoms. The van der Waals surface area contributed by atoms with Gasteiger partial charge >= 0.3 is 0 Å². The molecule has 2 heterocycles. The second-order valence-electron chi connectivity index (χ2n) is 2.99. The maximum absolute atomic E-state index is 11.2. The highest BCUT2D eigenvalue weighted by atomic mass is 32.2. The number of carbonyl (C=O) groups is 1. The van der Waals surface area contributed by atoms with Crippen molar-refractivity contribution in [2.24, 2.45) is 0 Å². The van der Waals surface area contributed by atoms with Crippen LogP contribution >= 0.6 is 11.8 Å². The Bertz CT molecular complexity index is 171. The quantitative estimate of drug-likeness (QED) is 0.461. The first kappa shape index (κ1) is 6.68. The molecule has 2 aliphatic heterocycles. The van der Waals surface area contributed by atoms with E-state index in [9.17, 15) is 4.79 Å². The molecule has 0 aromatic heterocycles. The summed E-state index contributed by atoms with van der Waals surface area (Å²) in [6, 6.07) is 0.241. The highest BCUT2D eigenvalue weighted by molar-refractivity contribution is 8.01. The predicted molar refractivity (Wildman–Crippen MR) is 40.8 cm³/mol. The molecule has 2 rings (SSSR count). The summed E-state index contributed by atoms with van der Waals surface area (Å²) in [4.78, 5) is 12.4. The van der Waals surface area contributed by atoms with Crippen LogP contribution in [0.15, 0.2) is 0 Å². The molecule has 0 radical (unpaired) electrons. The van der Waals surface area contributed by atoms with E-state index in [1.54, 1.807) is 0 Å². The molecular weight excluding hydrogens is 146 g/mol. The van der Waals surface area contributed by atoms with Crippen molar-refractivity contribution in [1.29, 1.82) is 0 Å². The fourth-order valence-corrected chi connectivity index (χ4v) is 3.19. The second-order valence-corrected chi connectivity index (χ2v) is 4.22. The summed E-state index contributed by atoms with van der Waals surface area (Å²) in [7, 11) is 3.91. The van der Waals surface area contributed by atoms with Crippen molar-refractivity contribution in [2.45, 2.75) is 17.7 Å². The number of rotatable bonds is 0. The molecule has 1 N–H and O–H groups in total. The van der Waals surface area contributed by atoms with Crippen molar-refractivity contribution in [3.8, 4) is 0 Å². The Labute approximate surface area is 65.0 Å². The van der Waals surface area contributed by atoms with Gasteiger partial charge < -0.3 is 4.90 Å². The summed E-state index contributed by atoms with van der Waals surface area (Å²) in [5, 5.41) is 0.597. The molecule has 3 atom stereocenters. The van der Waals surface area contributed by atoms with Gasteiger partial charge in [0.25, 0.3) is 0 Å². The number of fused-ring (bicyclic) bond motifs is 1. The van der Waals surface area contributed by atoms with E-state index in [0.29, 0.717) is 11.0 Å². The number of likely N-dealkylation sites (tertiary alicyclic amines) is 1. The molecule has 0 bridgehead atoms. The number of hydrogen-bond acceptors (Lipinski definition) is 2. The van der Waals surface area contributed by atoms with Crippen molar-refractivity contribution in [1.82, 2.24) is 0 Å². The van der Waals surface area contributed by atoms with Crippen LogP contribution < -0.4 is 4.90 Å². The number of nitrogens with one attached hydrogen (secondary N) is 1. The molecular formula is C7H11NOS. The molecule has 0 spiro atoms. The van der Waals surface area contributed by atoms with Gasteiger partial charge in [0, 0.05) is 6.42 Å². The average Bonchev–Trinajstić information content (AvgIpc) is 2.40. The third-order valence-electron chi connectivity index (χ3n) is 2.35. The lowest BCUT2D eigenvalue weighted by atomic mass is 10.1. The number of thioether (sulfide) groups is 1. The van der Waals surface area contributed by atoms with Gasteiger partial charge in [-0.15, -0.1) is 11.8 Å².